The highest BCUT2D eigenvalue weighted by Gasteiger charge is 2.15. The quantitative estimate of drug-likeness (QED) is 0.792. The van der Waals surface area contributed by atoms with Gasteiger partial charge >= 0.3 is 0 Å². The number of benzene rings is 1. The van der Waals surface area contributed by atoms with E-state index in [-0.39, 0.29) is 5.82 Å². The normalized spacial score (nSPS) is 14.7. The molecule has 6 heteroatoms. The lowest BCUT2D eigenvalue weighted by atomic mass is 10.1. The first-order chi connectivity index (χ1) is 12.3. The highest BCUT2D eigenvalue weighted by atomic mass is 19.1. The van der Waals surface area contributed by atoms with Crippen molar-refractivity contribution < 1.29 is 9.13 Å². The SMILES string of the molecule is Fc1ccc2c(NCc3cccnc3N3CCOCC3)ccnc2c1. The lowest BCUT2D eigenvalue weighted by molar-refractivity contribution is 0.122. The van der Waals surface area contributed by atoms with Crippen LogP contribution in [0.15, 0.2) is 48.8 Å². The standard InChI is InChI=1S/C19H19FN4O/c20-15-3-4-16-17(5-7-21-18(16)12-15)23-13-14-2-1-6-22-19(14)24-8-10-25-11-9-24/h1-7,12H,8-11,13H2,(H,21,23). The number of ether oxygens (including phenoxy) is 1. The van der Waals surface area contributed by atoms with Crippen molar-refractivity contribution >= 4 is 22.4 Å². The molecule has 1 fully saturated rings. The second-order valence-corrected chi connectivity index (χ2v) is 5.96. The average molecular weight is 338 g/mol. The topological polar surface area (TPSA) is 50.3 Å². The molecule has 25 heavy (non-hydrogen) atoms. The number of morpholine rings is 1. The van der Waals surface area contributed by atoms with Crippen LogP contribution >= 0.6 is 0 Å². The molecule has 1 saturated heterocycles. The Bertz CT molecular complexity index is 880. The van der Waals surface area contributed by atoms with Gasteiger partial charge in [-0.3, -0.25) is 4.98 Å². The summed E-state index contributed by atoms with van der Waals surface area (Å²) in [7, 11) is 0. The minimum absolute atomic E-state index is 0.279. The van der Waals surface area contributed by atoms with Crippen LogP contribution in [0.5, 0.6) is 0 Å². The Morgan fingerprint density at radius 1 is 1.08 bits per heavy atom. The van der Waals surface area contributed by atoms with Crippen molar-refractivity contribution in [3.8, 4) is 0 Å². The second-order valence-electron chi connectivity index (χ2n) is 5.96. The summed E-state index contributed by atoms with van der Waals surface area (Å²) in [6.45, 7) is 3.79. The molecule has 4 rings (SSSR count). The number of nitrogens with one attached hydrogen (secondary N) is 1. The summed E-state index contributed by atoms with van der Waals surface area (Å²) in [4.78, 5) is 11.0. The summed E-state index contributed by atoms with van der Waals surface area (Å²) >= 11 is 0. The van der Waals surface area contributed by atoms with E-state index in [1.807, 2.05) is 18.3 Å². The van der Waals surface area contributed by atoms with Gasteiger partial charge in [-0.15, -0.1) is 0 Å². The van der Waals surface area contributed by atoms with Gasteiger partial charge in [0.25, 0.3) is 0 Å². The van der Waals surface area contributed by atoms with Gasteiger partial charge in [0.05, 0.1) is 18.7 Å². The Labute approximate surface area is 145 Å². The third-order valence-electron chi connectivity index (χ3n) is 4.35. The predicted octanol–water partition coefficient (Wildman–Crippen LogP) is 3.22. The third-order valence-corrected chi connectivity index (χ3v) is 4.35. The molecule has 1 aromatic carbocycles. The third kappa shape index (κ3) is 3.39. The van der Waals surface area contributed by atoms with Crippen molar-refractivity contribution in [2.45, 2.75) is 6.54 Å². The van der Waals surface area contributed by atoms with Crippen molar-refractivity contribution in [2.24, 2.45) is 0 Å². The van der Waals surface area contributed by atoms with Crippen LogP contribution in [-0.4, -0.2) is 36.3 Å². The van der Waals surface area contributed by atoms with Crippen LogP contribution in [-0.2, 0) is 11.3 Å². The molecule has 0 spiro atoms. The number of aromatic nitrogens is 2. The van der Waals surface area contributed by atoms with Crippen LogP contribution in [0.2, 0.25) is 0 Å². The molecule has 0 saturated carbocycles. The molecule has 1 aliphatic rings. The largest absolute Gasteiger partial charge is 0.380 e. The Kier molecular flexibility index (Phi) is 4.43. The molecule has 0 atom stereocenters. The zero-order valence-corrected chi connectivity index (χ0v) is 13.8. The lowest BCUT2D eigenvalue weighted by Crippen LogP contribution is -2.37. The summed E-state index contributed by atoms with van der Waals surface area (Å²) in [6, 6.07) is 10.6. The Hall–Kier alpha value is -2.73. The van der Waals surface area contributed by atoms with E-state index in [1.165, 1.54) is 12.1 Å². The summed E-state index contributed by atoms with van der Waals surface area (Å²) in [6.07, 6.45) is 3.51. The van der Waals surface area contributed by atoms with Gasteiger partial charge in [-0.1, -0.05) is 6.07 Å². The number of fused-ring (bicyclic) bond motifs is 1. The first-order valence-electron chi connectivity index (χ1n) is 8.36. The smallest absolute Gasteiger partial charge is 0.133 e. The van der Waals surface area contributed by atoms with E-state index in [4.69, 9.17) is 4.74 Å². The van der Waals surface area contributed by atoms with E-state index >= 15 is 0 Å². The average Bonchev–Trinajstić information content (AvgIpc) is 2.67. The summed E-state index contributed by atoms with van der Waals surface area (Å²) in [5, 5.41) is 4.35. The molecule has 0 aliphatic carbocycles. The molecule has 0 unspecified atom stereocenters. The monoisotopic (exact) mass is 338 g/mol. The molecule has 128 valence electrons. The maximum absolute atomic E-state index is 13.4. The van der Waals surface area contributed by atoms with Gasteiger partial charge in [0.1, 0.15) is 11.6 Å². The van der Waals surface area contributed by atoms with Crippen LogP contribution in [0.25, 0.3) is 10.9 Å². The van der Waals surface area contributed by atoms with Gasteiger partial charge in [-0.2, -0.15) is 0 Å². The summed E-state index contributed by atoms with van der Waals surface area (Å²) in [5.74, 6) is 0.710. The zero-order valence-electron chi connectivity index (χ0n) is 13.8. The molecule has 3 aromatic rings. The molecule has 3 heterocycles. The fourth-order valence-electron chi connectivity index (χ4n) is 3.09. The molecular weight excluding hydrogens is 319 g/mol. The molecule has 1 aliphatic heterocycles. The van der Waals surface area contributed by atoms with Crippen molar-refractivity contribution in [3.05, 3.63) is 60.2 Å². The molecule has 2 aromatic heterocycles. The number of halogens is 1. The van der Waals surface area contributed by atoms with Gasteiger partial charge in [-0.05, 0) is 24.3 Å². The van der Waals surface area contributed by atoms with Crippen molar-refractivity contribution in [3.63, 3.8) is 0 Å². The fraction of sp³-hybridized carbons (Fsp3) is 0.263. The highest BCUT2D eigenvalue weighted by molar-refractivity contribution is 5.90. The van der Waals surface area contributed by atoms with Crippen LogP contribution in [0, 0.1) is 5.82 Å². The number of nitrogens with zero attached hydrogens (tertiary/aromatic N) is 3. The Morgan fingerprint density at radius 3 is 2.84 bits per heavy atom. The van der Waals surface area contributed by atoms with E-state index < -0.39 is 0 Å². The summed E-state index contributed by atoms with van der Waals surface area (Å²) in [5.41, 5.74) is 2.70. The molecule has 0 amide bonds. The fourth-order valence-corrected chi connectivity index (χ4v) is 3.09. The first kappa shape index (κ1) is 15.8. The Balaban J connectivity index is 1.58. The zero-order chi connectivity index (χ0) is 17.1. The van der Waals surface area contributed by atoms with E-state index in [2.05, 4.69) is 26.3 Å². The molecule has 0 bridgehead atoms. The molecule has 1 N–H and O–H groups in total. The van der Waals surface area contributed by atoms with Crippen molar-refractivity contribution in [2.75, 3.05) is 36.5 Å². The highest BCUT2D eigenvalue weighted by Crippen LogP contribution is 2.24. The lowest BCUT2D eigenvalue weighted by Gasteiger charge is -2.29. The number of rotatable bonds is 4. The van der Waals surface area contributed by atoms with Crippen LogP contribution in [0.3, 0.4) is 0 Å². The van der Waals surface area contributed by atoms with Crippen LogP contribution in [0.4, 0.5) is 15.9 Å². The first-order valence-corrected chi connectivity index (χ1v) is 8.36. The minimum Gasteiger partial charge on any atom is -0.380 e. The number of pyridine rings is 2. The molecular formula is C19H19FN4O. The molecule has 0 radical (unpaired) electrons. The van der Waals surface area contributed by atoms with Gasteiger partial charge < -0.3 is 15.0 Å². The molecule has 5 nitrogen and oxygen atoms in total. The second kappa shape index (κ2) is 7.03. The number of hydrogen-bond acceptors (Lipinski definition) is 5. The van der Waals surface area contributed by atoms with E-state index in [1.54, 1.807) is 12.3 Å². The van der Waals surface area contributed by atoms with Gasteiger partial charge in [0, 0.05) is 54.7 Å². The van der Waals surface area contributed by atoms with E-state index in [0.29, 0.717) is 12.1 Å². The summed E-state index contributed by atoms with van der Waals surface area (Å²) < 4.78 is 18.8. The maximum Gasteiger partial charge on any atom is 0.133 e. The van der Waals surface area contributed by atoms with Crippen molar-refractivity contribution in [1.82, 2.24) is 9.97 Å². The van der Waals surface area contributed by atoms with E-state index in [0.717, 1.165) is 48.8 Å². The predicted molar refractivity (Wildman–Crippen MR) is 96.3 cm³/mol. The van der Waals surface area contributed by atoms with Crippen molar-refractivity contribution in [1.29, 1.82) is 0 Å². The van der Waals surface area contributed by atoms with Gasteiger partial charge in [0.2, 0.25) is 0 Å². The number of anilines is 2. The van der Waals surface area contributed by atoms with Crippen LogP contribution < -0.4 is 10.2 Å². The van der Waals surface area contributed by atoms with Crippen LogP contribution in [0.1, 0.15) is 5.56 Å². The van der Waals surface area contributed by atoms with E-state index in [9.17, 15) is 4.39 Å². The van der Waals surface area contributed by atoms with Gasteiger partial charge in [-0.25, -0.2) is 9.37 Å². The maximum atomic E-state index is 13.4. The number of hydrogen-bond donors (Lipinski definition) is 1. The Morgan fingerprint density at radius 2 is 1.96 bits per heavy atom. The minimum atomic E-state index is -0.279. The van der Waals surface area contributed by atoms with Gasteiger partial charge in [0.15, 0.2) is 0 Å².